The summed E-state index contributed by atoms with van der Waals surface area (Å²) in [6.07, 6.45) is 14.9. The molecule has 0 atom stereocenters. The molecule has 0 unspecified atom stereocenters. The van der Waals surface area contributed by atoms with Crippen LogP contribution < -0.4 is 11.0 Å². The molecule has 0 N–H and O–H groups in total. The van der Waals surface area contributed by atoms with E-state index in [4.69, 9.17) is 38.2 Å². The standard InChI is InChI=1S/C68H66N8O2Si3/c1-7-9-11-13-15-25-35-79(3,4)77-81(78-80(5,6)36-26-16-14-12-10-8-2)75-65-57-41-49-31-21-22-32-50(49)42-58(57)67(75)73-63-55-39-47-29-19-20-30-48(47)40-56(55)64(70-63)74-68-60-44-52-34-24-23-33-51(52)43-59(60)66(76(68)81)72-62-54-38-46-28-18-17-27-45(46)37-53(54)61(69-62)71-65/h7-8,17-24,27-34,37-44H,1-2,9-16,25-26,35-36H2,3-6H3. The first kappa shape index (κ1) is 51.4. The molecule has 0 spiro atoms. The highest BCUT2D eigenvalue weighted by Crippen LogP contribution is 2.47. The maximum atomic E-state index is 8.69. The lowest BCUT2D eigenvalue weighted by atomic mass is 10.0. The average molecular weight is 1110 g/mol. The summed E-state index contributed by atoms with van der Waals surface area (Å²) in [5, 5.41) is 12.5. The van der Waals surface area contributed by atoms with Crippen LogP contribution in [-0.4, -0.2) is 57.3 Å². The summed E-state index contributed by atoms with van der Waals surface area (Å²) >= 11 is 0. The second-order valence-electron chi connectivity index (χ2n) is 23.7. The number of aromatic nitrogens is 2. The summed E-state index contributed by atoms with van der Waals surface area (Å²) in [5.41, 5.74) is 5.05. The molecule has 2 aromatic heterocycles. The van der Waals surface area contributed by atoms with Crippen LogP contribution in [0.5, 0.6) is 0 Å². The van der Waals surface area contributed by atoms with Gasteiger partial charge in [-0.25, -0.2) is 30.0 Å². The zero-order valence-electron chi connectivity index (χ0n) is 46.8. The van der Waals surface area contributed by atoms with Crippen LogP contribution in [0.1, 0.15) is 86.5 Å². The fourth-order valence-corrected chi connectivity index (χ4v) is 25.5. The van der Waals surface area contributed by atoms with Gasteiger partial charge in [0, 0.05) is 43.8 Å². The van der Waals surface area contributed by atoms with Gasteiger partial charge in [0.05, 0.1) is 0 Å². The zero-order valence-corrected chi connectivity index (χ0v) is 49.8. The number of hydrogen-bond acceptors (Lipinski definition) is 8. The fourth-order valence-electron chi connectivity index (χ4n) is 12.8. The third-order valence-corrected chi connectivity index (χ3v) is 28.5. The Morgan fingerprint density at radius 2 is 0.691 bits per heavy atom. The molecule has 10 aromatic rings. The zero-order chi connectivity index (χ0) is 55.0. The van der Waals surface area contributed by atoms with E-state index in [2.05, 4.69) is 193 Å². The van der Waals surface area contributed by atoms with Crippen molar-refractivity contribution in [2.24, 2.45) is 30.0 Å². The highest BCUT2D eigenvalue weighted by atomic mass is 28.5. The number of fused-ring (bicyclic) bond motifs is 18. The largest absolute Gasteiger partial charge is 0.582 e. The highest BCUT2D eigenvalue weighted by Gasteiger charge is 2.58. The topological polar surface area (TPSA) is 102 Å². The van der Waals surface area contributed by atoms with Gasteiger partial charge < -0.3 is 8.23 Å². The molecule has 4 aliphatic rings. The molecule has 4 aliphatic heterocycles. The molecule has 14 rings (SSSR count). The van der Waals surface area contributed by atoms with E-state index in [1.807, 2.05) is 12.2 Å². The monoisotopic (exact) mass is 1110 g/mol. The van der Waals surface area contributed by atoms with Gasteiger partial charge in [0.1, 0.15) is 22.6 Å². The van der Waals surface area contributed by atoms with Crippen molar-refractivity contribution < 1.29 is 8.23 Å². The number of amidine groups is 4. The lowest BCUT2D eigenvalue weighted by molar-refractivity contribution is 0.332. The van der Waals surface area contributed by atoms with Gasteiger partial charge >= 0.3 is 8.88 Å². The molecule has 13 heteroatoms. The van der Waals surface area contributed by atoms with Gasteiger partial charge in [-0.05, 0) is 156 Å². The highest BCUT2D eigenvalue weighted by molar-refractivity contribution is 6.88. The van der Waals surface area contributed by atoms with Gasteiger partial charge in [-0.2, -0.15) is 0 Å². The van der Waals surface area contributed by atoms with E-state index in [-0.39, 0.29) is 0 Å². The van der Waals surface area contributed by atoms with Crippen LogP contribution in [0.25, 0.3) is 64.6 Å². The fraction of sp³-hybridized carbons (Fsp3) is 0.235. The molecular formula is C68H66N8O2Si3. The molecule has 8 aromatic carbocycles. The normalized spacial score (nSPS) is 15.1. The maximum Gasteiger partial charge on any atom is 0.582 e. The van der Waals surface area contributed by atoms with Crippen molar-refractivity contribution >= 4 is 125 Å². The second-order valence-corrected chi connectivity index (χ2v) is 35.3. The van der Waals surface area contributed by atoms with Crippen molar-refractivity contribution in [1.82, 2.24) is 8.47 Å². The minimum atomic E-state index is -4.47. The Morgan fingerprint density at radius 3 is 1.04 bits per heavy atom. The van der Waals surface area contributed by atoms with Gasteiger partial charge in [0.2, 0.25) is 0 Å². The van der Waals surface area contributed by atoms with Crippen LogP contribution in [0, 0.1) is 0 Å². The summed E-state index contributed by atoms with van der Waals surface area (Å²) in [4.78, 5) is 35.0. The molecule has 0 fully saturated rings. The van der Waals surface area contributed by atoms with E-state index >= 15 is 0 Å². The van der Waals surface area contributed by atoms with Crippen LogP contribution in [0.3, 0.4) is 0 Å². The van der Waals surface area contributed by atoms with Gasteiger partial charge in [-0.15, -0.1) is 13.2 Å². The molecule has 0 saturated carbocycles. The number of unbranched alkanes of at least 4 members (excludes halogenated alkanes) is 8. The molecule has 0 radical (unpaired) electrons. The van der Waals surface area contributed by atoms with Crippen molar-refractivity contribution in [2.45, 2.75) is 102 Å². The van der Waals surface area contributed by atoms with Crippen LogP contribution in [-0.2, 0) is 8.23 Å². The molecule has 10 nitrogen and oxygen atoms in total. The number of nitrogens with zero attached hydrogens (tertiary/aromatic N) is 8. The van der Waals surface area contributed by atoms with Gasteiger partial charge in [0.15, 0.2) is 40.0 Å². The van der Waals surface area contributed by atoms with E-state index < -0.39 is 25.5 Å². The number of allylic oxidation sites excluding steroid dienone is 2. The number of benzene rings is 8. The Balaban J connectivity index is 1.19. The Morgan fingerprint density at radius 1 is 0.383 bits per heavy atom. The second kappa shape index (κ2) is 20.3. The first-order valence-electron chi connectivity index (χ1n) is 29.1. The first-order chi connectivity index (χ1) is 39.5. The summed E-state index contributed by atoms with van der Waals surface area (Å²) in [6, 6.07) is 54.3. The summed E-state index contributed by atoms with van der Waals surface area (Å²) in [7, 11) is -10.1. The average Bonchev–Trinajstić information content (AvgIpc) is 2.30. The van der Waals surface area contributed by atoms with Crippen molar-refractivity contribution in [1.29, 1.82) is 0 Å². The lowest BCUT2D eigenvalue weighted by Crippen LogP contribution is -2.70. The molecular weight excluding hydrogens is 1050 g/mol. The minimum Gasteiger partial charge on any atom is -0.404 e. The molecule has 402 valence electrons. The quantitative estimate of drug-likeness (QED) is 0.0485. The van der Waals surface area contributed by atoms with E-state index in [0.29, 0.717) is 46.0 Å². The third kappa shape index (κ3) is 9.06. The SMILES string of the molecule is C=CCCCCCC[Si](C)(C)O[Si]1(O[Si](C)(C)CCCCCCC=C)n2c3c4cc5ccccc5cc4c2N=C2N=C(N=c4c5cc6ccccc6cc5c(n41)=NC1=NC(=N3)c3cc4ccccc4cc31)c1cc3ccccc3cc12. The smallest absolute Gasteiger partial charge is 0.404 e. The van der Waals surface area contributed by atoms with E-state index in [0.717, 1.165) is 163 Å². The van der Waals surface area contributed by atoms with E-state index in [9.17, 15) is 0 Å². The predicted molar refractivity (Wildman–Crippen MR) is 344 cm³/mol. The number of rotatable bonds is 18. The van der Waals surface area contributed by atoms with Crippen molar-refractivity contribution in [3.63, 3.8) is 0 Å². The number of aliphatic imine (C=N–C) groups is 4. The Labute approximate surface area is 475 Å². The van der Waals surface area contributed by atoms with Gasteiger partial charge in [-0.1, -0.05) is 148 Å². The molecule has 0 amide bonds. The molecule has 0 saturated heterocycles. The van der Waals surface area contributed by atoms with Crippen molar-refractivity contribution in [3.8, 4) is 0 Å². The van der Waals surface area contributed by atoms with Crippen molar-refractivity contribution in [2.75, 3.05) is 0 Å². The maximum absolute atomic E-state index is 8.69. The molecule has 6 heterocycles. The summed E-state index contributed by atoms with van der Waals surface area (Å²) in [6.45, 7) is 17.6. The summed E-state index contributed by atoms with van der Waals surface area (Å²) < 4.78 is 22.1. The van der Waals surface area contributed by atoms with Gasteiger partial charge in [-0.3, -0.25) is 8.47 Å². The van der Waals surface area contributed by atoms with Crippen LogP contribution in [0.15, 0.2) is 201 Å². The lowest BCUT2D eigenvalue weighted by Gasteiger charge is -2.43. The van der Waals surface area contributed by atoms with E-state index in [1.165, 1.54) is 0 Å². The van der Waals surface area contributed by atoms with Crippen LogP contribution in [0.2, 0.25) is 38.3 Å². The van der Waals surface area contributed by atoms with Crippen LogP contribution >= 0.6 is 0 Å². The number of hydrogen-bond donors (Lipinski definition) is 0. The van der Waals surface area contributed by atoms with E-state index in [1.54, 1.807) is 0 Å². The molecule has 6 bridgehead atoms. The van der Waals surface area contributed by atoms with Crippen LogP contribution in [0.4, 0.5) is 11.6 Å². The van der Waals surface area contributed by atoms with Gasteiger partial charge in [0.25, 0.3) is 0 Å². The molecule has 0 aliphatic carbocycles. The first-order valence-corrected chi connectivity index (χ1v) is 37.1. The Hall–Kier alpha value is -7.79. The van der Waals surface area contributed by atoms with Crippen molar-refractivity contribution in [3.05, 3.63) is 204 Å². The third-order valence-electron chi connectivity index (χ3n) is 16.8. The predicted octanol–water partition coefficient (Wildman–Crippen LogP) is 16.7. The molecule has 81 heavy (non-hydrogen) atoms. The minimum absolute atomic E-state index is 0.585. The Bertz CT molecular complexity index is 4280. The summed E-state index contributed by atoms with van der Waals surface area (Å²) in [5.74, 6) is 3.72. The Kier molecular flexibility index (Phi) is 12.9.